The summed E-state index contributed by atoms with van der Waals surface area (Å²) < 4.78 is 10.8. The lowest BCUT2D eigenvalue weighted by atomic mass is 10.1. The van der Waals surface area contributed by atoms with E-state index < -0.39 is 5.91 Å². The minimum atomic E-state index is -0.391. The van der Waals surface area contributed by atoms with Gasteiger partial charge in [-0.3, -0.25) is 9.59 Å². The van der Waals surface area contributed by atoms with Gasteiger partial charge in [-0.25, -0.2) is 0 Å². The normalized spacial score (nSPS) is 12.2. The van der Waals surface area contributed by atoms with E-state index in [2.05, 4.69) is 10.6 Å². The lowest BCUT2D eigenvalue weighted by Gasteiger charge is -2.09. The van der Waals surface area contributed by atoms with Crippen molar-refractivity contribution in [2.45, 2.75) is 0 Å². The zero-order valence-corrected chi connectivity index (χ0v) is 12.4. The van der Waals surface area contributed by atoms with Gasteiger partial charge in [-0.05, 0) is 42.5 Å². The number of para-hydroxylation sites is 2. The molecule has 0 aliphatic carbocycles. The van der Waals surface area contributed by atoms with Crippen molar-refractivity contribution in [3.63, 3.8) is 0 Å². The highest BCUT2D eigenvalue weighted by Crippen LogP contribution is 2.36. The lowest BCUT2D eigenvalue weighted by molar-refractivity contribution is 0.0993. The number of carbonyl (C=O) groups is 2. The quantitative estimate of drug-likeness (QED) is 0.750. The van der Waals surface area contributed by atoms with Crippen molar-refractivity contribution in [2.75, 3.05) is 10.6 Å². The number of nitrogens with one attached hydrogen (secondary N) is 2. The van der Waals surface area contributed by atoms with E-state index in [4.69, 9.17) is 9.15 Å². The summed E-state index contributed by atoms with van der Waals surface area (Å²) in [6, 6.07) is 15.3. The number of furan rings is 1. The van der Waals surface area contributed by atoms with Crippen molar-refractivity contribution in [2.24, 2.45) is 0 Å². The Kier molecular flexibility index (Phi) is 3.28. The number of anilines is 2. The average Bonchev–Trinajstić information content (AvgIpc) is 3.08. The molecule has 2 heterocycles. The predicted octanol–water partition coefficient (Wildman–Crippen LogP) is 3.89. The molecule has 6 nitrogen and oxygen atoms in total. The third kappa shape index (κ3) is 2.50. The van der Waals surface area contributed by atoms with Gasteiger partial charge in [0.25, 0.3) is 11.8 Å². The van der Waals surface area contributed by atoms with Gasteiger partial charge in [0.05, 0.1) is 17.5 Å². The number of ether oxygens (including phenoxy) is 1. The molecule has 0 spiro atoms. The molecule has 0 saturated heterocycles. The summed E-state index contributed by atoms with van der Waals surface area (Å²) in [5.74, 6) is 0.491. The molecule has 3 aromatic rings. The van der Waals surface area contributed by atoms with Gasteiger partial charge in [-0.15, -0.1) is 0 Å². The monoisotopic (exact) mass is 320 g/mol. The summed E-state index contributed by atoms with van der Waals surface area (Å²) in [6.07, 6.45) is 1.42. The second-order valence-corrected chi connectivity index (χ2v) is 5.19. The van der Waals surface area contributed by atoms with E-state index in [-0.39, 0.29) is 11.7 Å². The summed E-state index contributed by atoms with van der Waals surface area (Å²) in [5.41, 5.74) is 1.41. The van der Waals surface area contributed by atoms with Crippen molar-refractivity contribution in [3.8, 4) is 11.5 Å². The van der Waals surface area contributed by atoms with E-state index in [1.165, 1.54) is 6.26 Å². The number of benzene rings is 2. The Balaban J connectivity index is 1.65. The zero-order valence-electron chi connectivity index (χ0n) is 12.4. The van der Waals surface area contributed by atoms with Crippen LogP contribution in [0, 0.1) is 0 Å². The van der Waals surface area contributed by atoms with Crippen molar-refractivity contribution >= 4 is 23.2 Å². The highest BCUT2D eigenvalue weighted by atomic mass is 16.5. The van der Waals surface area contributed by atoms with E-state index in [1.807, 2.05) is 12.1 Å². The van der Waals surface area contributed by atoms with Crippen LogP contribution in [-0.4, -0.2) is 11.8 Å². The number of fused-ring (bicyclic) bond motifs is 2. The van der Waals surface area contributed by atoms with Crippen LogP contribution in [0.2, 0.25) is 0 Å². The standard InChI is InChI=1S/C18H12N2O4/c21-17-12-10-11(19-18(22)16-6-3-9-23-16)7-8-14(12)24-15-5-2-1-4-13(15)20-17/h1-10H,(H,19,22)(H,20,21). The first-order valence-electron chi connectivity index (χ1n) is 7.28. The summed E-state index contributed by atoms with van der Waals surface area (Å²) in [6.45, 7) is 0. The van der Waals surface area contributed by atoms with Crippen LogP contribution in [0.25, 0.3) is 0 Å². The second kappa shape index (κ2) is 5.58. The molecule has 24 heavy (non-hydrogen) atoms. The number of rotatable bonds is 2. The molecular weight excluding hydrogens is 308 g/mol. The number of amides is 2. The molecule has 0 bridgehead atoms. The van der Waals surface area contributed by atoms with Gasteiger partial charge in [-0.1, -0.05) is 12.1 Å². The van der Waals surface area contributed by atoms with Gasteiger partial charge >= 0.3 is 0 Å². The summed E-state index contributed by atoms with van der Waals surface area (Å²) >= 11 is 0. The first-order chi connectivity index (χ1) is 11.7. The number of hydrogen-bond donors (Lipinski definition) is 2. The Bertz CT molecular complexity index is 932. The highest BCUT2D eigenvalue weighted by molar-refractivity contribution is 6.09. The van der Waals surface area contributed by atoms with E-state index in [1.54, 1.807) is 42.5 Å². The smallest absolute Gasteiger partial charge is 0.291 e. The Labute approximate surface area is 137 Å². The average molecular weight is 320 g/mol. The minimum Gasteiger partial charge on any atom is -0.459 e. The van der Waals surface area contributed by atoms with E-state index in [9.17, 15) is 9.59 Å². The molecule has 1 aliphatic heterocycles. The van der Waals surface area contributed by atoms with Crippen molar-refractivity contribution in [1.82, 2.24) is 0 Å². The molecule has 0 atom stereocenters. The van der Waals surface area contributed by atoms with Crippen LogP contribution in [0.3, 0.4) is 0 Å². The van der Waals surface area contributed by atoms with Crippen molar-refractivity contribution in [1.29, 1.82) is 0 Å². The third-order valence-corrected chi connectivity index (χ3v) is 3.58. The summed E-state index contributed by atoms with van der Waals surface area (Å²) in [4.78, 5) is 24.4. The fourth-order valence-electron chi connectivity index (χ4n) is 2.44. The molecule has 0 fully saturated rings. The number of hydrogen-bond acceptors (Lipinski definition) is 4. The molecular formula is C18H12N2O4. The van der Waals surface area contributed by atoms with Gasteiger partial charge in [0.1, 0.15) is 5.75 Å². The second-order valence-electron chi connectivity index (χ2n) is 5.19. The minimum absolute atomic E-state index is 0.193. The molecule has 4 rings (SSSR count). The topological polar surface area (TPSA) is 80.6 Å². The van der Waals surface area contributed by atoms with E-state index in [0.29, 0.717) is 28.4 Å². The molecule has 0 saturated carbocycles. The molecule has 1 aromatic heterocycles. The summed E-state index contributed by atoms with van der Waals surface area (Å²) in [5, 5.41) is 5.48. The Morgan fingerprint density at radius 1 is 1.00 bits per heavy atom. The van der Waals surface area contributed by atoms with Crippen LogP contribution in [-0.2, 0) is 0 Å². The maximum absolute atomic E-state index is 12.4. The van der Waals surface area contributed by atoms with Gasteiger partial charge in [0.15, 0.2) is 11.5 Å². The first-order valence-corrected chi connectivity index (χ1v) is 7.28. The Morgan fingerprint density at radius 3 is 2.71 bits per heavy atom. The lowest BCUT2D eigenvalue weighted by Crippen LogP contribution is -2.13. The molecule has 0 radical (unpaired) electrons. The molecule has 1 aliphatic rings. The van der Waals surface area contributed by atoms with Crippen molar-refractivity contribution in [3.05, 3.63) is 72.2 Å². The van der Waals surface area contributed by atoms with E-state index in [0.717, 1.165) is 0 Å². The van der Waals surface area contributed by atoms with Gasteiger partial charge < -0.3 is 19.8 Å². The first kappa shape index (κ1) is 14.1. The maximum Gasteiger partial charge on any atom is 0.291 e. The van der Waals surface area contributed by atoms with Gasteiger partial charge in [0.2, 0.25) is 0 Å². The SMILES string of the molecule is O=C(Nc1ccc2c(c1)C(=O)Nc1ccccc1O2)c1ccco1. The molecule has 6 heteroatoms. The largest absolute Gasteiger partial charge is 0.459 e. The summed E-state index contributed by atoms with van der Waals surface area (Å²) in [7, 11) is 0. The van der Waals surface area contributed by atoms with Crippen LogP contribution < -0.4 is 15.4 Å². The van der Waals surface area contributed by atoms with Crippen LogP contribution in [0.4, 0.5) is 11.4 Å². The molecule has 0 unspecified atom stereocenters. The molecule has 2 aromatic carbocycles. The number of carbonyl (C=O) groups excluding carboxylic acids is 2. The van der Waals surface area contributed by atoms with Gasteiger partial charge in [0, 0.05) is 5.69 Å². The third-order valence-electron chi connectivity index (χ3n) is 3.58. The highest BCUT2D eigenvalue weighted by Gasteiger charge is 2.21. The predicted molar refractivity (Wildman–Crippen MR) is 87.6 cm³/mol. The van der Waals surface area contributed by atoms with E-state index >= 15 is 0 Å². The fraction of sp³-hybridized carbons (Fsp3) is 0. The Morgan fingerprint density at radius 2 is 1.88 bits per heavy atom. The molecule has 118 valence electrons. The zero-order chi connectivity index (χ0) is 16.5. The Hall–Kier alpha value is -3.54. The van der Waals surface area contributed by atoms with Crippen LogP contribution >= 0.6 is 0 Å². The fourth-order valence-corrected chi connectivity index (χ4v) is 2.44. The van der Waals surface area contributed by atoms with Crippen LogP contribution in [0.1, 0.15) is 20.9 Å². The van der Waals surface area contributed by atoms with Crippen LogP contribution in [0.15, 0.2) is 65.3 Å². The maximum atomic E-state index is 12.4. The molecule has 2 N–H and O–H groups in total. The van der Waals surface area contributed by atoms with Gasteiger partial charge in [-0.2, -0.15) is 0 Å². The van der Waals surface area contributed by atoms with Crippen LogP contribution in [0.5, 0.6) is 11.5 Å². The van der Waals surface area contributed by atoms with Crippen molar-refractivity contribution < 1.29 is 18.7 Å². The molecule has 2 amide bonds.